The third-order valence-electron chi connectivity index (χ3n) is 2.94. The lowest BCUT2D eigenvalue weighted by molar-refractivity contribution is -0.143. The Bertz CT molecular complexity index is 197. The number of carboxylic acid groups (broad SMARTS) is 1. The summed E-state index contributed by atoms with van der Waals surface area (Å²) >= 11 is 0. The Hall–Kier alpha value is -0.610. The van der Waals surface area contributed by atoms with Gasteiger partial charge in [-0.3, -0.25) is 9.69 Å². The maximum atomic E-state index is 11.1. The van der Waals surface area contributed by atoms with Gasteiger partial charge in [-0.05, 0) is 25.8 Å². The van der Waals surface area contributed by atoms with E-state index >= 15 is 0 Å². The highest BCUT2D eigenvalue weighted by molar-refractivity contribution is 5.73. The van der Waals surface area contributed by atoms with Crippen molar-refractivity contribution in [1.82, 2.24) is 4.90 Å². The maximum absolute atomic E-state index is 11.1. The highest BCUT2D eigenvalue weighted by Crippen LogP contribution is 2.21. The lowest BCUT2D eigenvalue weighted by atomic mass is 10.1. The van der Waals surface area contributed by atoms with Gasteiger partial charge in [0.1, 0.15) is 6.04 Å². The van der Waals surface area contributed by atoms with Crippen LogP contribution in [0.1, 0.15) is 32.6 Å². The first-order valence-electron chi connectivity index (χ1n) is 5.39. The fraction of sp³-hybridized carbons (Fsp3) is 0.900. The van der Waals surface area contributed by atoms with E-state index in [-0.39, 0.29) is 12.1 Å². The molecule has 0 amide bonds. The molecule has 4 heteroatoms. The number of likely N-dealkylation sites (tertiary alicyclic amines) is 1. The van der Waals surface area contributed by atoms with Crippen LogP contribution in [-0.4, -0.2) is 41.1 Å². The van der Waals surface area contributed by atoms with Gasteiger partial charge >= 0.3 is 5.97 Å². The second-order valence-electron chi connectivity index (χ2n) is 3.91. The Morgan fingerprint density at radius 1 is 1.71 bits per heavy atom. The first kappa shape index (κ1) is 11.5. The monoisotopic (exact) mass is 200 g/mol. The first-order chi connectivity index (χ1) is 6.70. The molecule has 0 bridgehead atoms. The molecule has 1 saturated heterocycles. The lowest BCUT2D eigenvalue weighted by Crippen LogP contribution is -2.46. The topological polar surface area (TPSA) is 66.6 Å². The van der Waals surface area contributed by atoms with Crippen LogP contribution in [0.2, 0.25) is 0 Å². The van der Waals surface area contributed by atoms with Gasteiger partial charge in [0.2, 0.25) is 0 Å². The van der Waals surface area contributed by atoms with Crippen molar-refractivity contribution in [2.24, 2.45) is 5.73 Å². The predicted molar refractivity (Wildman–Crippen MR) is 55.1 cm³/mol. The van der Waals surface area contributed by atoms with Gasteiger partial charge in [0, 0.05) is 12.6 Å². The van der Waals surface area contributed by atoms with Crippen molar-refractivity contribution in [3.63, 3.8) is 0 Å². The molecule has 0 saturated carbocycles. The largest absolute Gasteiger partial charge is 0.480 e. The van der Waals surface area contributed by atoms with E-state index in [0.29, 0.717) is 6.54 Å². The zero-order valence-electron chi connectivity index (χ0n) is 8.78. The van der Waals surface area contributed by atoms with Crippen LogP contribution in [0.15, 0.2) is 0 Å². The van der Waals surface area contributed by atoms with Crippen LogP contribution in [0.4, 0.5) is 0 Å². The Kier molecular flexibility index (Phi) is 4.35. The lowest BCUT2D eigenvalue weighted by Gasteiger charge is -2.29. The van der Waals surface area contributed by atoms with E-state index in [1.165, 1.54) is 0 Å². The molecule has 4 nitrogen and oxygen atoms in total. The molecule has 2 atom stereocenters. The van der Waals surface area contributed by atoms with Crippen LogP contribution in [0, 0.1) is 0 Å². The Morgan fingerprint density at radius 3 is 2.93 bits per heavy atom. The second kappa shape index (κ2) is 5.32. The standard InChI is InChI=1S/C10H20N2O2/c1-2-4-9(10(13)14)12-6-3-5-8(12)7-11/h8-9H,2-7,11H2,1H3,(H,13,14). The quantitative estimate of drug-likeness (QED) is 0.684. The molecule has 0 spiro atoms. The fourth-order valence-electron chi connectivity index (χ4n) is 2.23. The van der Waals surface area contributed by atoms with Gasteiger partial charge in [-0.2, -0.15) is 0 Å². The summed E-state index contributed by atoms with van der Waals surface area (Å²) in [6, 6.07) is -0.0429. The van der Waals surface area contributed by atoms with Crippen molar-refractivity contribution in [1.29, 1.82) is 0 Å². The van der Waals surface area contributed by atoms with Crippen molar-refractivity contribution in [2.75, 3.05) is 13.1 Å². The molecule has 1 aliphatic rings. The third kappa shape index (κ3) is 2.45. The van der Waals surface area contributed by atoms with Gasteiger partial charge in [0.25, 0.3) is 0 Å². The molecule has 82 valence electrons. The molecule has 1 rings (SSSR count). The van der Waals surface area contributed by atoms with E-state index in [4.69, 9.17) is 10.8 Å². The summed E-state index contributed by atoms with van der Waals surface area (Å²) in [4.78, 5) is 13.1. The number of hydrogen-bond donors (Lipinski definition) is 2. The van der Waals surface area contributed by atoms with Gasteiger partial charge in [-0.15, -0.1) is 0 Å². The SMILES string of the molecule is CCCC(C(=O)O)N1CCCC1CN. The van der Waals surface area contributed by atoms with Gasteiger partial charge in [-0.25, -0.2) is 0 Å². The first-order valence-corrected chi connectivity index (χ1v) is 5.39. The molecular formula is C10H20N2O2. The highest BCUT2D eigenvalue weighted by Gasteiger charge is 2.33. The minimum Gasteiger partial charge on any atom is -0.480 e. The molecular weight excluding hydrogens is 180 g/mol. The van der Waals surface area contributed by atoms with E-state index in [2.05, 4.69) is 4.90 Å². The summed E-state index contributed by atoms with van der Waals surface area (Å²) < 4.78 is 0. The van der Waals surface area contributed by atoms with E-state index in [0.717, 1.165) is 32.2 Å². The number of carbonyl (C=O) groups is 1. The van der Waals surface area contributed by atoms with Crippen LogP contribution in [0.5, 0.6) is 0 Å². The molecule has 0 aromatic carbocycles. The summed E-state index contributed by atoms with van der Waals surface area (Å²) in [5.74, 6) is -0.702. The predicted octanol–water partition coefficient (Wildman–Crippen LogP) is 0.663. The molecule has 1 heterocycles. The number of rotatable bonds is 5. The maximum Gasteiger partial charge on any atom is 0.320 e. The number of aliphatic carboxylic acids is 1. The van der Waals surface area contributed by atoms with E-state index in [9.17, 15) is 4.79 Å². The van der Waals surface area contributed by atoms with Crippen molar-refractivity contribution in [3.8, 4) is 0 Å². The van der Waals surface area contributed by atoms with E-state index in [1.54, 1.807) is 0 Å². The van der Waals surface area contributed by atoms with Crippen molar-refractivity contribution in [3.05, 3.63) is 0 Å². The Morgan fingerprint density at radius 2 is 2.43 bits per heavy atom. The fourth-order valence-corrected chi connectivity index (χ4v) is 2.23. The van der Waals surface area contributed by atoms with Crippen molar-refractivity contribution in [2.45, 2.75) is 44.7 Å². The average molecular weight is 200 g/mol. The molecule has 2 unspecified atom stereocenters. The van der Waals surface area contributed by atoms with Gasteiger partial charge < -0.3 is 10.8 Å². The van der Waals surface area contributed by atoms with Crippen LogP contribution >= 0.6 is 0 Å². The Labute approximate surface area is 85.1 Å². The van der Waals surface area contributed by atoms with E-state index in [1.807, 2.05) is 6.92 Å². The summed E-state index contributed by atoms with van der Waals surface area (Å²) in [6.45, 7) is 3.48. The zero-order valence-corrected chi connectivity index (χ0v) is 8.78. The third-order valence-corrected chi connectivity index (χ3v) is 2.94. The molecule has 0 aliphatic carbocycles. The molecule has 0 radical (unpaired) electrons. The summed E-state index contributed by atoms with van der Waals surface area (Å²) in [6.07, 6.45) is 3.76. The summed E-state index contributed by atoms with van der Waals surface area (Å²) in [7, 11) is 0. The highest BCUT2D eigenvalue weighted by atomic mass is 16.4. The Balaban J connectivity index is 2.61. The van der Waals surface area contributed by atoms with Crippen LogP contribution in [-0.2, 0) is 4.79 Å². The molecule has 1 aliphatic heterocycles. The normalized spacial score (nSPS) is 25.1. The van der Waals surface area contributed by atoms with Gasteiger partial charge in [0.05, 0.1) is 0 Å². The second-order valence-corrected chi connectivity index (χ2v) is 3.91. The zero-order chi connectivity index (χ0) is 10.6. The molecule has 0 aromatic heterocycles. The molecule has 0 aromatic rings. The summed E-state index contributed by atoms with van der Waals surface area (Å²) in [5.41, 5.74) is 5.62. The number of carboxylic acids is 1. The van der Waals surface area contributed by atoms with Crippen LogP contribution in [0.3, 0.4) is 0 Å². The smallest absolute Gasteiger partial charge is 0.320 e. The van der Waals surface area contributed by atoms with Crippen LogP contribution < -0.4 is 5.73 Å². The minimum absolute atomic E-state index is 0.280. The number of hydrogen-bond acceptors (Lipinski definition) is 3. The molecule has 14 heavy (non-hydrogen) atoms. The van der Waals surface area contributed by atoms with Gasteiger partial charge in [-0.1, -0.05) is 13.3 Å². The molecule has 3 N–H and O–H groups in total. The summed E-state index contributed by atoms with van der Waals surface area (Å²) in [5, 5.41) is 9.10. The van der Waals surface area contributed by atoms with E-state index < -0.39 is 5.97 Å². The number of nitrogens with two attached hydrogens (primary N) is 1. The molecule has 1 fully saturated rings. The minimum atomic E-state index is -0.702. The van der Waals surface area contributed by atoms with Gasteiger partial charge in [0.15, 0.2) is 0 Å². The van der Waals surface area contributed by atoms with Crippen molar-refractivity contribution >= 4 is 5.97 Å². The van der Waals surface area contributed by atoms with Crippen LogP contribution in [0.25, 0.3) is 0 Å². The van der Waals surface area contributed by atoms with Crippen molar-refractivity contribution < 1.29 is 9.90 Å². The average Bonchev–Trinajstić information content (AvgIpc) is 2.61. The number of nitrogens with zero attached hydrogens (tertiary/aromatic N) is 1.